The van der Waals surface area contributed by atoms with Crippen LogP contribution in [-0.2, 0) is 6.54 Å². The first-order valence-electron chi connectivity index (χ1n) is 5.37. The summed E-state index contributed by atoms with van der Waals surface area (Å²) >= 11 is 0. The molecule has 0 fully saturated rings. The Balaban J connectivity index is 0.00000108. The number of hydrogen-bond acceptors (Lipinski definition) is 2. The molecule has 0 N–H and O–H groups in total. The molecule has 1 aliphatic heterocycles. The number of para-hydroxylation sites is 2. The zero-order valence-corrected chi connectivity index (χ0v) is 10.0. The summed E-state index contributed by atoms with van der Waals surface area (Å²) in [6.07, 6.45) is 1.90. The van der Waals surface area contributed by atoms with Gasteiger partial charge in [0.2, 0.25) is 0 Å². The lowest BCUT2D eigenvalue weighted by atomic mass is 10.1. The van der Waals surface area contributed by atoms with Gasteiger partial charge >= 0.3 is 0 Å². The number of rotatable bonds is 1. The summed E-state index contributed by atoms with van der Waals surface area (Å²) in [6.45, 7) is 0.893. The zero-order valence-electron chi connectivity index (χ0n) is 9.25. The Kier molecular flexibility index (Phi) is 3.45. The lowest BCUT2D eigenvalue weighted by molar-refractivity contribution is -0.00000312. The van der Waals surface area contributed by atoms with Gasteiger partial charge in [0.1, 0.15) is 0 Å². The summed E-state index contributed by atoms with van der Waals surface area (Å²) in [7, 11) is 0. The third-order valence-electron chi connectivity index (χ3n) is 2.76. The molecule has 0 atom stereocenters. The van der Waals surface area contributed by atoms with Gasteiger partial charge in [0.25, 0.3) is 0 Å². The molecule has 0 radical (unpaired) electrons. The number of halogens is 1. The number of anilines is 1. The van der Waals surface area contributed by atoms with E-state index in [0.717, 1.165) is 12.2 Å². The molecule has 0 amide bonds. The van der Waals surface area contributed by atoms with Crippen LogP contribution < -0.4 is 17.3 Å². The van der Waals surface area contributed by atoms with Crippen LogP contribution in [0.5, 0.6) is 0 Å². The average Bonchev–Trinajstić information content (AvgIpc) is 2.39. The standard InChI is InChI=1S/C14H12N2.ClH/c1-2-7-13(8-3-1)16-10-12-6-4-5-9-14(12)15-11-16;/h1-9,11H,10H2;1H/p-1. The van der Waals surface area contributed by atoms with Gasteiger partial charge in [-0.1, -0.05) is 36.4 Å². The van der Waals surface area contributed by atoms with Gasteiger partial charge in [-0.05, 0) is 23.8 Å². The van der Waals surface area contributed by atoms with E-state index in [4.69, 9.17) is 0 Å². The van der Waals surface area contributed by atoms with Crippen molar-refractivity contribution in [2.45, 2.75) is 6.54 Å². The molecule has 0 unspecified atom stereocenters. The van der Waals surface area contributed by atoms with Crippen LogP contribution in [0.3, 0.4) is 0 Å². The fourth-order valence-corrected chi connectivity index (χ4v) is 1.90. The Bertz CT molecular complexity index is 523. The Hall–Kier alpha value is -1.80. The molecule has 1 heterocycles. The van der Waals surface area contributed by atoms with Crippen molar-refractivity contribution >= 4 is 17.7 Å². The van der Waals surface area contributed by atoms with E-state index in [1.807, 2.05) is 36.7 Å². The van der Waals surface area contributed by atoms with Crippen LogP contribution in [0.1, 0.15) is 5.56 Å². The molecule has 0 bridgehead atoms. The predicted molar refractivity (Wildman–Crippen MR) is 67.2 cm³/mol. The second-order valence-corrected chi connectivity index (χ2v) is 3.84. The van der Waals surface area contributed by atoms with Crippen molar-refractivity contribution in [3.05, 3.63) is 60.2 Å². The maximum absolute atomic E-state index is 4.45. The van der Waals surface area contributed by atoms with Crippen LogP contribution in [-0.4, -0.2) is 6.34 Å². The van der Waals surface area contributed by atoms with Crippen molar-refractivity contribution < 1.29 is 12.4 Å². The lowest BCUT2D eigenvalue weighted by Crippen LogP contribution is -3.00. The van der Waals surface area contributed by atoms with Crippen LogP contribution >= 0.6 is 0 Å². The summed E-state index contributed by atoms with van der Waals surface area (Å²) in [5.41, 5.74) is 3.53. The quantitative estimate of drug-likeness (QED) is 0.707. The van der Waals surface area contributed by atoms with E-state index in [9.17, 15) is 0 Å². The van der Waals surface area contributed by atoms with Crippen LogP contribution in [0.25, 0.3) is 0 Å². The van der Waals surface area contributed by atoms with E-state index in [0.29, 0.717) is 0 Å². The largest absolute Gasteiger partial charge is 1.00 e. The summed E-state index contributed by atoms with van der Waals surface area (Å²) in [5, 5.41) is 0. The third kappa shape index (κ3) is 2.32. The van der Waals surface area contributed by atoms with Crippen molar-refractivity contribution in [3.8, 4) is 0 Å². The Morgan fingerprint density at radius 2 is 1.59 bits per heavy atom. The molecule has 3 heteroatoms. The number of benzene rings is 2. The van der Waals surface area contributed by atoms with E-state index in [1.54, 1.807) is 0 Å². The Morgan fingerprint density at radius 3 is 2.41 bits per heavy atom. The maximum atomic E-state index is 4.45. The normalized spacial score (nSPS) is 12.8. The second kappa shape index (κ2) is 5.02. The fraction of sp³-hybridized carbons (Fsp3) is 0.0714. The average molecular weight is 244 g/mol. The molecule has 3 rings (SSSR count). The molecule has 1 aliphatic rings. The first-order valence-corrected chi connectivity index (χ1v) is 5.37. The topological polar surface area (TPSA) is 15.6 Å². The summed E-state index contributed by atoms with van der Waals surface area (Å²) < 4.78 is 0. The van der Waals surface area contributed by atoms with Gasteiger partial charge in [-0.15, -0.1) is 0 Å². The van der Waals surface area contributed by atoms with Gasteiger partial charge < -0.3 is 17.3 Å². The zero-order chi connectivity index (χ0) is 10.8. The van der Waals surface area contributed by atoms with Crippen molar-refractivity contribution in [1.29, 1.82) is 0 Å². The van der Waals surface area contributed by atoms with Crippen molar-refractivity contribution in [1.82, 2.24) is 0 Å². The van der Waals surface area contributed by atoms with Crippen LogP contribution in [0.4, 0.5) is 11.4 Å². The number of aliphatic imine (C=N–C) groups is 1. The molecule has 0 saturated heterocycles. The smallest absolute Gasteiger partial charge is 0.0960 e. The third-order valence-corrected chi connectivity index (χ3v) is 2.76. The number of nitrogens with zero attached hydrogens (tertiary/aromatic N) is 2. The van der Waals surface area contributed by atoms with E-state index in [2.05, 4.69) is 34.2 Å². The Labute approximate surface area is 107 Å². The van der Waals surface area contributed by atoms with Gasteiger partial charge in [-0.2, -0.15) is 0 Å². The molecule has 0 saturated carbocycles. The highest BCUT2D eigenvalue weighted by molar-refractivity contribution is 5.83. The number of hydrogen-bond donors (Lipinski definition) is 0. The molecule has 0 aromatic heterocycles. The van der Waals surface area contributed by atoms with E-state index < -0.39 is 0 Å². The minimum Gasteiger partial charge on any atom is -1.00 e. The summed E-state index contributed by atoms with van der Waals surface area (Å²) in [4.78, 5) is 6.61. The van der Waals surface area contributed by atoms with E-state index >= 15 is 0 Å². The summed E-state index contributed by atoms with van der Waals surface area (Å²) in [5.74, 6) is 0. The molecule has 86 valence electrons. The van der Waals surface area contributed by atoms with Crippen LogP contribution in [0.15, 0.2) is 59.6 Å². The molecule has 2 aromatic rings. The van der Waals surface area contributed by atoms with Crippen LogP contribution in [0, 0.1) is 0 Å². The highest BCUT2D eigenvalue weighted by Gasteiger charge is 2.11. The highest BCUT2D eigenvalue weighted by atomic mass is 35.5. The van der Waals surface area contributed by atoms with E-state index in [-0.39, 0.29) is 12.4 Å². The van der Waals surface area contributed by atoms with Crippen molar-refractivity contribution in [2.24, 2.45) is 4.99 Å². The van der Waals surface area contributed by atoms with E-state index in [1.165, 1.54) is 11.3 Å². The second-order valence-electron chi connectivity index (χ2n) is 3.84. The first kappa shape index (κ1) is 11.7. The van der Waals surface area contributed by atoms with Gasteiger partial charge in [-0.25, -0.2) is 4.99 Å². The van der Waals surface area contributed by atoms with Gasteiger partial charge in [-0.3, -0.25) is 0 Å². The van der Waals surface area contributed by atoms with Gasteiger partial charge in [0, 0.05) is 5.69 Å². The molecule has 0 aliphatic carbocycles. The minimum absolute atomic E-state index is 0. The highest BCUT2D eigenvalue weighted by Crippen LogP contribution is 2.26. The SMILES string of the molecule is C1=Nc2ccccc2CN1c1ccccc1.[Cl-]. The summed E-state index contributed by atoms with van der Waals surface area (Å²) in [6, 6.07) is 18.6. The monoisotopic (exact) mass is 243 g/mol. The Morgan fingerprint density at radius 1 is 0.882 bits per heavy atom. The predicted octanol–water partition coefficient (Wildman–Crippen LogP) is 0.371. The molecule has 0 spiro atoms. The van der Waals surface area contributed by atoms with Gasteiger partial charge in [0.15, 0.2) is 0 Å². The number of fused-ring (bicyclic) bond motifs is 1. The fourth-order valence-electron chi connectivity index (χ4n) is 1.90. The molecule has 2 nitrogen and oxygen atoms in total. The minimum atomic E-state index is 0. The van der Waals surface area contributed by atoms with Crippen LogP contribution in [0.2, 0.25) is 0 Å². The van der Waals surface area contributed by atoms with Gasteiger partial charge in [0.05, 0.1) is 18.6 Å². The van der Waals surface area contributed by atoms with Crippen molar-refractivity contribution in [3.63, 3.8) is 0 Å². The molecule has 17 heavy (non-hydrogen) atoms. The molecular weight excluding hydrogens is 232 g/mol. The lowest BCUT2D eigenvalue weighted by Gasteiger charge is -2.24. The maximum Gasteiger partial charge on any atom is 0.0960 e. The first-order chi connectivity index (χ1) is 7.93. The molecule has 2 aromatic carbocycles. The molecular formula is C14H12ClN2-. The van der Waals surface area contributed by atoms with Crippen molar-refractivity contribution in [2.75, 3.05) is 4.90 Å².